The third-order valence-electron chi connectivity index (χ3n) is 0.551. The van der Waals surface area contributed by atoms with Crippen LogP contribution in [0.15, 0.2) is 37.0 Å². The van der Waals surface area contributed by atoms with E-state index in [0.717, 1.165) is 0 Å². The topological polar surface area (TPSA) is 0 Å². The van der Waals surface area contributed by atoms with Crippen LogP contribution >= 0.6 is 0 Å². The van der Waals surface area contributed by atoms with Crippen molar-refractivity contribution < 1.29 is 0 Å². The molecule has 0 aromatic heterocycles. The number of hydrogen-bond acceptors (Lipinski definition) is 0. The summed E-state index contributed by atoms with van der Waals surface area (Å²) in [5.41, 5.74) is 0. The second kappa shape index (κ2) is 5.22. The van der Waals surface area contributed by atoms with E-state index < -0.39 is 0 Å². The molecule has 0 nitrogen and oxygen atoms in total. The van der Waals surface area contributed by atoms with Crippen molar-refractivity contribution in [1.82, 2.24) is 0 Å². The SMILES string of the molecule is C=C/C=C/C=C/C. The highest BCUT2D eigenvalue weighted by Crippen LogP contribution is 1.74. The fourth-order valence-electron chi connectivity index (χ4n) is 0.254. The lowest BCUT2D eigenvalue weighted by atomic mass is 10.4. The average Bonchev–Trinajstić information content (AvgIpc) is 1.69. The van der Waals surface area contributed by atoms with Gasteiger partial charge in [-0.15, -0.1) is 0 Å². The third-order valence-corrected chi connectivity index (χ3v) is 0.551. The van der Waals surface area contributed by atoms with Crippen LogP contribution in [0.3, 0.4) is 0 Å². The van der Waals surface area contributed by atoms with Crippen molar-refractivity contribution >= 4 is 0 Å². The summed E-state index contributed by atoms with van der Waals surface area (Å²) < 4.78 is 0. The van der Waals surface area contributed by atoms with Crippen molar-refractivity contribution in [1.29, 1.82) is 0 Å². The van der Waals surface area contributed by atoms with Gasteiger partial charge in [0.1, 0.15) is 0 Å². The molecule has 7 heavy (non-hydrogen) atoms. The largest absolute Gasteiger partial charge is 0.0991 e. The molecule has 0 heterocycles. The molecule has 38 valence electrons. The summed E-state index contributed by atoms with van der Waals surface area (Å²) in [6.07, 6.45) is 9.51. The monoisotopic (exact) mass is 94.1 g/mol. The minimum absolute atomic E-state index is 1.75. The zero-order valence-electron chi connectivity index (χ0n) is 4.59. The molecule has 0 aromatic rings. The Morgan fingerprint density at radius 3 is 2.29 bits per heavy atom. The van der Waals surface area contributed by atoms with Crippen molar-refractivity contribution in [3.05, 3.63) is 37.0 Å². The van der Waals surface area contributed by atoms with Gasteiger partial charge in [0.05, 0.1) is 0 Å². The second-order valence-electron chi connectivity index (χ2n) is 1.15. The Morgan fingerprint density at radius 2 is 1.86 bits per heavy atom. The van der Waals surface area contributed by atoms with Crippen molar-refractivity contribution in [2.45, 2.75) is 6.92 Å². The predicted molar refractivity (Wildman–Crippen MR) is 34.2 cm³/mol. The van der Waals surface area contributed by atoms with Crippen LogP contribution in [-0.2, 0) is 0 Å². The Labute approximate surface area is 44.9 Å². The molecule has 0 fully saturated rings. The summed E-state index contributed by atoms with van der Waals surface area (Å²) in [7, 11) is 0. The molecular formula is C7H10. The summed E-state index contributed by atoms with van der Waals surface area (Å²) in [6.45, 7) is 5.49. The summed E-state index contributed by atoms with van der Waals surface area (Å²) in [5.74, 6) is 0. The maximum Gasteiger partial charge on any atom is -0.0467 e. The lowest BCUT2D eigenvalue weighted by Crippen LogP contribution is -1.43. The first kappa shape index (κ1) is 6.22. The van der Waals surface area contributed by atoms with Gasteiger partial charge < -0.3 is 0 Å². The van der Waals surface area contributed by atoms with E-state index >= 15 is 0 Å². The van der Waals surface area contributed by atoms with Gasteiger partial charge in [-0.25, -0.2) is 0 Å². The van der Waals surface area contributed by atoms with Crippen LogP contribution in [0.2, 0.25) is 0 Å². The first-order valence-corrected chi connectivity index (χ1v) is 2.32. The third kappa shape index (κ3) is 5.22. The molecular weight excluding hydrogens is 84.1 g/mol. The van der Waals surface area contributed by atoms with Gasteiger partial charge in [0, 0.05) is 0 Å². The summed E-state index contributed by atoms with van der Waals surface area (Å²) >= 11 is 0. The highest BCUT2D eigenvalue weighted by molar-refractivity contribution is 5.07. The van der Waals surface area contributed by atoms with E-state index in [0.29, 0.717) is 0 Å². The normalized spacial score (nSPS) is 11.0. The van der Waals surface area contributed by atoms with Gasteiger partial charge in [-0.2, -0.15) is 0 Å². The van der Waals surface area contributed by atoms with E-state index in [2.05, 4.69) is 6.58 Å². The minimum Gasteiger partial charge on any atom is -0.0991 e. The van der Waals surface area contributed by atoms with E-state index in [9.17, 15) is 0 Å². The number of hydrogen-bond donors (Lipinski definition) is 0. The van der Waals surface area contributed by atoms with Crippen molar-refractivity contribution in [2.24, 2.45) is 0 Å². The molecule has 0 radical (unpaired) electrons. The molecule has 0 unspecified atom stereocenters. The fourth-order valence-corrected chi connectivity index (χ4v) is 0.254. The first-order chi connectivity index (χ1) is 3.41. The number of allylic oxidation sites excluding steroid dienone is 5. The molecule has 0 amide bonds. The summed E-state index contributed by atoms with van der Waals surface area (Å²) in [5, 5.41) is 0. The maximum absolute atomic E-state index is 3.51. The van der Waals surface area contributed by atoms with Crippen molar-refractivity contribution in [3.63, 3.8) is 0 Å². The van der Waals surface area contributed by atoms with Gasteiger partial charge in [-0.1, -0.05) is 37.0 Å². The van der Waals surface area contributed by atoms with E-state index in [-0.39, 0.29) is 0 Å². The lowest BCUT2D eigenvalue weighted by molar-refractivity contribution is 1.73. The van der Waals surface area contributed by atoms with Gasteiger partial charge in [0.2, 0.25) is 0 Å². The zero-order valence-corrected chi connectivity index (χ0v) is 4.59. The van der Waals surface area contributed by atoms with Gasteiger partial charge in [0.25, 0.3) is 0 Å². The van der Waals surface area contributed by atoms with E-state index in [4.69, 9.17) is 0 Å². The highest BCUT2D eigenvalue weighted by atomic mass is 13.6. The molecule has 0 spiro atoms. The van der Waals surface area contributed by atoms with Crippen LogP contribution in [0.4, 0.5) is 0 Å². The second-order valence-corrected chi connectivity index (χ2v) is 1.15. The number of rotatable bonds is 2. The molecule has 0 saturated carbocycles. The van der Waals surface area contributed by atoms with Crippen LogP contribution in [0, 0.1) is 0 Å². The maximum atomic E-state index is 3.51. The standard InChI is InChI=1S/C7H10/c1-3-5-7-6-4-2/h3-7H,1H2,2H3/b6-4+,7-5+. The van der Waals surface area contributed by atoms with Gasteiger partial charge in [-0.3, -0.25) is 0 Å². The molecule has 0 aliphatic carbocycles. The van der Waals surface area contributed by atoms with E-state index in [1.165, 1.54) is 0 Å². The molecule has 0 aliphatic rings. The van der Waals surface area contributed by atoms with Crippen LogP contribution < -0.4 is 0 Å². The molecule has 0 rings (SSSR count). The fraction of sp³-hybridized carbons (Fsp3) is 0.143. The minimum atomic E-state index is 1.75. The smallest absolute Gasteiger partial charge is 0.0467 e. The molecule has 0 heteroatoms. The molecule has 0 saturated heterocycles. The van der Waals surface area contributed by atoms with E-state index in [1.807, 2.05) is 31.2 Å². The van der Waals surface area contributed by atoms with Crippen LogP contribution in [0.25, 0.3) is 0 Å². The zero-order chi connectivity index (χ0) is 5.54. The Hall–Kier alpha value is -0.780. The molecule has 0 aliphatic heterocycles. The average molecular weight is 94.2 g/mol. The van der Waals surface area contributed by atoms with Crippen molar-refractivity contribution in [2.75, 3.05) is 0 Å². The van der Waals surface area contributed by atoms with Crippen LogP contribution in [0.1, 0.15) is 6.92 Å². The molecule has 0 aromatic carbocycles. The van der Waals surface area contributed by atoms with Crippen LogP contribution in [-0.4, -0.2) is 0 Å². The van der Waals surface area contributed by atoms with Crippen molar-refractivity contribution in [3.8, 4) is 0 Å². The highest BCUT2D eigenvalue weighted by Gasteiger charge is 1.52. The molecule has 0 N–H and O–H groups in total. The quantitative estimate of drug-likeness (QED) is 0.460. The Kier molecular flexibility index (Phi) is 4.64. The Bertz CT molecular complexity index is 86.2. The molecule has 0 bridgehead atoms. The van der Waals surface area contributed by atoms with Gasteiger partial charge in [-0.05, 0) is 6.92 Å². The first-order valence-electron chi connectivity index (χ1n) is 2.32. The Balaban J connectivity index is 3.27. The van der Waals surface area contributed by atoms with Gasteiger partial charge in [0.15, 0.2) is 0 Å². The summed E-state index contributed by atoms with van der Waals surface area (Å²) in [4.78, 5) is 0. The summed E-state index contributed by atoms with van der Waals surface area (Å²) in [6, 6.07) is 0. The van der Waals surface area contributed by atoms with Gasteiger partial charge >= 0.3 is 0 Å². The lowest BCUT2D eigenvalue weighted by Gasteiger charge is -1.65. The predicted octanol–water partition coefficient (Wildman–Crippen LogP) is 2.30. The Morgan fingerprint density at radius 1 is 1.14 bits per heavy atom. The van der Waals surface area contributed by atoms with E-state index in [1.54, 1.807) is 6.08 Å². The molecule has 0 atom stereocenters. The van der Waals surface area contributed by atoms with Crippen LogP contribution in [0.5, 0.6) is 0 Å².